The molecule has 0 unspecified atom stereocenters. The van der Waals surface area contributed by atoms with Crippen LogP contribution in [0.2, 0.25) is 0 Å². The minimum absolute atomic E-state index is 0.00613. The predicted octanol–water partition coefficient (Wildman–Crippen LogP) is 5.08. The molecule has 3 heterocycles. The van der Waals surface area contributed by atoms with Gasteiger partial charge in [0.1, 0.15) is 29.6 Å². The Morgan fingerprint density at radius 3 is 2.72 bits per heavy atom. The number of hydrogen-bond donors (Lipinski definition) is 1. The second kappa shape index (κ2) is 7.53. The molecule has 0 fully saturated rings. The number of hydrogen-bond acceptors (Lipinski definition) is 6. The Kier molecular flexibility index (Phi) is 4.38. The molecule has 6 rings (SSSR count). The highest BCUT2D eigenvalue weighted by Crippen LogP contribution is 2.44. The van der Waals surface area contributed by atoms with E-state index in [-0.39, 0.29) is 17.7 Å². The van der Waals surface area contributed by atoms with E-state index in [1.807, 2.05) is 66.7 Å². The van der Waals surface area contributed by atoms with Crippen LogP contribution in [0, 0.1) is 0 Å². The highest BCUT2D eigenvalue weighted by Gasteiger charge is 2.40. The Labute approximate surface area is 184 Å². The molecule has 2 aliphatic rings. The lowest BCUT2D eigenvalue weighted by Gasteiger charge is -2.34. The molecule has 7 nitrogen and oxygen atoms in total. The molecule has 32 heavy (non-hydrogen) atoms. The summed E-state index contributed by atoms with van der Waals surface area (Å²) in [5, 5.41) is 7.75. The van der Waals surface area contributed by atoms with E-state index in [0.29, 0.717) is 24.5 Å². The maximum Gasteiger partial charge on any atom is 0.226 e. The van der Waals surface area contributed by atoms with Gasteiger partial charge in [-0.1, -0.05) is 30.3 Å². The van der Waals surface area contributed by atoms with Gasteiger partial charge in [-0.25, -0.2) is 4.68 Å². The maximum atomic E-state index is 13.4. The molecule has 1 aliphatic carbocycles. The number of allylic oxidation sites excluding steroid dienone is 2. The summed E-state index contributed by atoms with van der Waals surface area (Å²) in [5.74, 6) is 3.00. The SMILES string of the molecule is O=C1C[C@H](c2ccco2)CC2=C1[C@H](c1cccc(Oc3ccccc3)c1)n1ncnc1N2. The zero-order chi connectivity index (χ0) is 21.5. The predicted molar refractivity (Wildman–Crippen MR) is 117 cm³/mol. The lowest BCUT2D eigenvalue weighted by atomic mass is 9.79. The fourth-order valence-corrected chi connectivity index (χ4v) is 4.56. The third-order valence-electron chi connectivity index (χ3n) is 5.96. The van der Waals surface area contributed by atoms with E-state index in [4.69, 9.17) is 9.15 Å². The van der Waals surface area contributed by atoms with Crippen LogP contribution in [0.15, 0.2) is 95.0 Å². The van der Waals surface area contributed by atoms with Crippen LogP contribution < -0.4 is 10.1 Å². The lowest BCUT2D eigenvalue weighted by molar-refractivity contribution is -0.117. The number of rotatable bonds is 4. The number of anilines is 1. The first-order valence-corrected chi connectivity index (χ1v) is 10.6. The average molecular weight is 424 g/mol. The molecule has 2 aromatic heterocycles. The molecule has 0 spiro atoms. The van der Waals surface area contributed by atoms with Gasteiger partial charge in [0, 0.05) is 23.6 Å². The number of nitrogens with one attached hydrogen (secondary N) is 1. The molecule has 4 aromatic rings. The first kappa shape index (κ1) is 18.6. The zero-order valence-corrected chi connectivity index (χ0v) is 17.1. The highest BCUT2D eigenvalue weighted by atomic mass is 16.5. The van der Waals surface area contributed by atoms with Gasteiger partial charge < -0.3 is 14.5 Å². The molecule has 1 aliphatic heterocycles. The summed E-state index contributed by atoms with van der Waals surface area (Å²) < 4.78 is 13.4. The van der Waals surface area contributed by atoms with Gasteiger partial charge in [-0.15, -0.1) is 0 Å². The largest absolute Gasteiger partial charge is 0.469 e. The fraction of sp³-hybridized carbons (Fsp3) is 0.160. The number of carbonyl (C=O) groups excluding carboxylic acids is 1. The maximum absolute atomic E-state index is 13.4. The zero-order valence-electron chi connectivity index (χ0n) is 17.1. The van der Waals surface area contributed by atoms with Crippen molar-refractivity contribution in [2.75, 3.05) is 5.32 Å². The Morgan fingerprint density at radius 2 is 1.88 bits per heavy atom. The summed E-state index contributed by atoms with van der Waals surface area (Å²) in [6, 6.07) is 20.8. The number of carbonyl (C=O) groups is 1. The van der Waals surface area contributed by atoms with Crippen molar-refractivity contribution in [3.63, 3.8) is 0 Å². The van der Waals surface area contributed by atoms with Crippen molar-refractivity contribution in [2.45, 2.75) is 24.8 Å². The van der Waals surface area contributed by atoms with Crippen molar-refractivity contribution < 1.29 is 13.9 Å². The smallest absolute Gasteiger partial charge is 0.226 e. The number of Topliss-reactive ketones (excluding diaryl/α,β-unsaturated/α-hetero) is 1. The summed E-state index contributed by atoms with van der Waals surface area (Å²) in [7, 11) is 0. The highest BCUT2D eigenvalue weighted by molar-refractivity contribution is 6.00. The Balaban J connectivity index is 1.40. The summed E-state index contributed by atoms with van der Waals surface area (Å²) in [5.41, 5.74) is 2.52. The number of para-hydroxylation sites is 1. The second-order valence-corrected chi connectivity index (χ2v) is 7.98. The monoisotopic (exact) mass is 424 g/mol. The molecule has 0 saturated heterocycles. The standard InChI is InChI=1S/C25H20N4O3/c30-21-14-17(22-10-5-11-31-22)13-20-23(21)24(29-25(28-20)26-15-27-29)16-6-4-9-19(12-16)32-18-7-2-1-3-8-18/h1-12,15,17,24H,13-14H2,(H,26,27,28)/t17-,24+/m1/s1. The van der Waals surface area contributed by atoms with Gasteiger partial charge in [-0.3, -0.25) is 4.79 Å². The van der Waals surface area contributed by atoms with Gasteiger partial charge in [0.2, 0.25) is 5.95 Å². The lowest BCUT2D eigenvalue weighted by Crippen LogP contribution is -2.33. The van der Waals surface area contributed by atoms with E-state index in [9.17, 15) is 4.79 Å². The minimum Gasteiger partial charge on any atom is -0.469 e. The van der Waals surface area contributed by atoms with Crippen molar-refractivity contribution in [1.29, 1.82) is 0 Å². The summed E-state index contributed by atoms with van der Waals surface area (Å²) in [4.78, 5) is 17.8. The van der Waals surface area contributed by atoms with E-state index >= 15 is 0 Å². The van der Waals surface area contributed by atoms with Gasteiger partial charge in [0.15, 0.2) is 5.78 Å². The quantitative estimate of drug-likeness (QED) is 0.492. The molecule has 0 bridgehead atoms. The van der Waals surface area contributed by atoms with Crippen LogP contribution in [0.25, 0.3) is 0 Å². The van der Waals surface area contributed by atoms with Crippen LogP contribution >= 0.6 is 0 Å². The van der Waals surface area contributed by atoms with Crippen LogP contribution in [-0.2, 0) is 4.79 Å². The molecule has 0 saturated carbocycles. The van der Waals surface area contributed by atoms with E-state index in [0.717, 1.165) is 28.3 Å². The number of ketones is 1. The Bertz CT molecular complexity index is 1310. The second-order valence-electron chi connectivity index (χ2n) is 7.98. The molecule has 158 valence electrons. The minimum atomic E-state index is -0.367. The van der Waals surface area contributed by atoms with Crippen molar-refractivity contribution in [2.24, 2.45) is 0 Å². The molecular weight excluding hydrogens is 404 g/mol. The molecule has 0 amide bonds. The number of nitrogens with zero attached hydrogens (tertiary/aromatic N) is 3. The molecule has 0 radical (unpaired) electrons. The van der Waals surface area contributed by atoms with Crippen LogP contribution in [0.1, 0.15) is 36.1 Å². The third-order valence-corrected chi connectivity index (χ3v) is 5.96. The Morgan fingerprint density at radius 1 is 1.00 bits per heavy atom. The topological polar surface area (TPSA) is 82.2 Å². The van der Waals surface area contributed by atoms with Crippen molar-refractivity contribution in [3.05, 3.63) is 102 Å². The first-order chi connectivity index (χ1) is 15.8. The number of ether oxygens (including phenoxy) is 1. The van der Waals surface area contributed by atoms with E-state index < -0.39 is 0 Å². The van der Waals surface area contributed by atoms with Crippen LogP contribution in [0.3, 0.4) is 0 Å². The molecule has 1 N–H and O–H groups in total. The number of aromatic nitrogens is 3. The van der Waals surface area contributed by atoms with Crippen LogP contribution in [0.4, 0.5) is 5.95 Å². The van der Waals surface area contributed by atoms with Crippen molar-refractivity contribution >= 4 is 11.7 Å². The molecule has 7 heteroatoms. The van der Waals surface area contributed by atoms with Crippen LogP contribution in [-0.4, -0.2) is 20.5 Å². The van der Waals surface area contributed by atoms with Gasteiger partial charge >= 0.3 is 0 Å². The van der Waals surface area contributed by atoms with E-state index in [1.165, 1.54) is 6.33 Å². The van der Waals surface area contributed by atoms with Crippen molar-refractivity contribution in [3.8, 4) is 11.5 Å². The Hall–Kier alpha value is -4.13. The first-order valence-electron chi connectivity index (χ1n) is 10.6. The van der Waals surface area contributed by atoms with E-state index in [2.05, 4.69) is 15.4 Å². The fourth-order valence-electron chi connectivity index (χ4n) is 4.56. The van der Waals surface area contributed by atoms with Gasteiger partial charge in [0.05, 0.1) is 6.26 Å². The molecule has 2 aromatic carbocycles. The van der Waals surface area contributed by atoms with Crippen LogP contribution in [0.5, 0.6) is 11.5 Å². The summed E-state index contributed by atoms with van der Waals surface area (Å²) in [6.45, 7) is 0. The molecule has 2 atom stereocenters. The van der Waals surface area contributed by atoms with Crippen molar-refractivity contribution in [1.82, 2.24) is 14.8 Å². The number of furan rings is 1. The molecular formula is C25H20N4O3. The average Bonchev–Trinajstić information content (AvgIpc) is 3.51. The van der Waals surface area contributed by atoms with Gasteiger partial charge in [-0.2, -0.15) is 10.1 Å². The van der Waals surface area contributed by atoms with E-state index in [1.54, 1.807) is 10.9 Å². The summed E-state index contributed by atoms with van der Waals surface area (Å²) >= 11 is 0. The van der Waals surface area contributed by atoms with Gasteiger partial charge in [0.25, 0.3) is 0 Å². The normalized spacial score (nSPS) is 19.8. The third kappa shape index (κ3) is 3.19. The van der Waals surface area contributed by atoms with Gasteiger partial charge in [-0.05, 0) is 48.4 Å². The number of benzene rings is 2. The summed E-state index contributed by atoms with van der Waals surface area (Å²) in [6.07, 6.45) is 4.23. The number of fused-ring (bicyclic) bond motifs is 1.